The topological polar surface area (TPSA) is 49.8 Å². The van der Waals surface area contributed by atoms with Crippen molar-refractivity contribution >= 4 is 5.69 Å². The van der Waals surface area contributed by atoms with Gasteiger partial charge in [0.15, 0.2) is 0 Å². The second-order valence-electron chi connectivity index (χ2n) is 6.78. The number of nitrogens with zero attached hydrogens (tertiary/aromatic N) is 1. The summed E-state index contributed by atoms with van der Waals surface area (Å²) in [6, 6.07) is 8.61. The molecule has 0 bridgehead atoms. The molecule has 0 saturated heterocycles. The van der Waals surface area contributed by atoms with Crippen molar-refractivity contribution in [3.8, 4) is 5.69 Å². The quantitative estimate of drug-likeness (QED) is 0.906. The third-order valence-corrected chi connectivity index (χ3v) is 4.37. The number of aromatic nitrogens is 2. The third kappa shape index (κ3) is 3.20. The molecule has 1 aliphatic rings. The Balaban J connectivity index is 1.70. The van der Waals surface area contributed by atoms with Gasteiger partial charge in [0.05, 0.1) is 5.69 Å². The lowest BCUT2D eigenvalue weighted by atomic mass is 9.75. The Kier molecular flexibility index (Phi) is 3.62. The Hall–Kier alpha value is -1.97. The van der Waals surface area contributed by atoms with Crippen LogP contribution in [0, 0.1) is 5.41 Å². The van der Waals surface area contributed by atoms with E-state index in [0.717, 1.165) is 11.4 Å². The zero-order valence-electron chi connectivity index (χ0n) is 12.7. The molecule has 0 radical (unpaired) electrons. The molecule has 4 nitrogen and oxygen atoms in total. The molecular formula is C17H23N3O. The predicted molar refractivity (Wildman–Crippen MR) is 86.0 cm³/mol. The van der Waals surface area contributed by atoms with Crippen LogP contribution in [-0.4, -0.2) is 15.6 Å². The number of nitrogens with one attached hydrogen (secondary N) is 2. The summed E-state index contributed by atoms with van der Waals surface area (Å²) in [5, 5.41) is 3.63. The molecule has 21 heavy (non-hydrogen) atoms. The van der Waals surface area contributed by atoms with Crippen LogP contribution in [0.5, 0.6) is 0 Å². The van der Waals surface area contributed by atoms with Crippen LogP contribution >= 0.6 is 0 Å². The van der Waals surface area contributed by atoms with Crippen molar-refractivity contribution < 1.29 is 0 Å². The van der Waals surface area contributed by atoms with Gasteiger partial charge in [0, 0.05) is 24.1 Å². The van der Waals surface area contributed by atoms with Gasteiger partial charge in [-0.3, -0.25) is 4.57 Å². The molecule has 1 unspecified atom stereocenters. The number of benzene rings is 1. The molecule has 2 aromatic rings. The van der Waals surface area contributed by atoms with E-state index in [1.165, 1.54) is 25.7 Å². The van der Waals surface area contributed by atoms with Gasteiger partial charge in [0.2, 0.25) is 0 Å². The van der Waals surface area contributed by atoms with Gasteiger partial charge in [-0.2, -0.15) is 0 Å². The summed E-state index contributed by atoms with van der Waals surface area (Å²) in [6.07, 6.45) is 8.46. The fraction of sp³-hybridized carbons (Fsp3) is 0.471. The van der Waals surface area contributed by atoms with Gasteiger partial charge >= 0.3 is 5.69 Å². The van der Waals surface area contributed by atoms with Crippen molar-refractivity contribution in [2.24, 2.45) is 5.41 Å². The van der Waals surface area contributed by atoms with Gasteiger partial charge in [0.25, 0.3) is 0 Å². The zero-order chi connectivity index (χ0) is 14.9. The van der Waals surface area contributed by atoms with Crippen LogP contribution in [0.1, 0.15) is 39.5 Å². The highest BCUT2D eigenvalue weighted by Crippen LogP contribution is 2.36. The average molecular weight is 285 g/mol. The number of hydrogen-bond acceptors (Lipinski definition) is 2. The molecule has 112 valence electrons. The molecule has 1 aromatic heterocycles. The van der Waals surface area contributed by atoms with E-state index in [-0.39, 0.29) is 5.69 Å². The molecule has 1 atom stereocenters. The maximum absolute atomic E-state index is 11.6. The van der Waals surface area contributed by atoms with Crippen LogP contribution in [0.25, 0.3) is 5.69 Å². The van der Waals surface area contributed by atoms with E-state index in [1.807, 2.05) is 12.1 Å². The number of aromatic amines is 1. The van der Waals surface area contributed by atoms with Crippen LogP contribution in [0.15, 0.2) is 41.5 Å². The van der Waals surface area contributed by atoms with E-state index < -0.39 is 0 Å². The lowest BCUT2D eigenvalue weighted by Crippen LogP contribution is -2.31. The monoisotopic (exact) mass is 285 g/mol. The highest BCUT2D eigenvalue weighted by molar-refractivity contribution is 5.49. The highest BCUT2D eigenvalue weighted by Gasteiger charge is 2.27. The molecule has 1 saturated carbocycles. The van der Waals surface area contributed by atoms with E-state index in [0.29, 0.717) is 11.5 Å². The first-order valence-corrected chi connectivity index (χ1v) is 7.67. The number of anilines is 1. The minimum atomic E-state index is -0.107. The van der Waals surface area contributed by atoms with Crippen molar-refractivity contribution in [2.45, 2.75) is 45.6 Å². The van der Waals surface area contributed by atoms with Crippen LogP contribution in [0.3, 0.4) is 0 Å². The third-order valence-electron chi connectivity index (χ3n) is 4.37. The second-order valence-corrected chi connectivity index (χ2v) is 6.78. The minimum Gasteiger partial charge on any atom is -0.382 e. The van der Waals surface area contributed by atoms with Crippen molar-refractivity contribution in [3.63, 3.8) is 0 Å². The molecule has 0 aliphatic heterocycles. The lowest BCUT2D eigenvalue weighted by Gasteiger charge is -2.36. The molecule has 0 amide bonds. The van der Waals surface area contributed by atoms with Gasteiger partial charge in [-0.25, -0.2) is 4.79 Å². The molecule has 0 spiro atoms. The molecule has 1 fully saturated rings. The molecule has 2 N–H and O–H groups in total. The van der Waals surface area contributed by atoms with Gasteiger partial charge in [-0.1, -0.05) is 20.3 Å². The fourth-order valence-electron chi connectivity index (χ4n) is 3.30. The Bertz CT molecular complexity index is 651. The Labute approximate surface area is 125 Å². The molecule has 3 rings (SSSR count). The summed E-state index contributed by atoms with van der Waals surface area (Å²) in [5.74, 6) is 0. The van der Waals surface area contributed by atoms with E-state index in [2.05, 4.69) is 36.3 Å². The molecule has 4 heteroatoms. The summed E-state index contributed by atoms with van der Waals surface area (Å²) in [4.78, 5) is 14.2. The number of H-pyrrole nitrogens is 1. The maximum atomic E-state index is 11.6. The van der Waals surface area contributed by atoms with Crippen LogP contribution < -0.4 is 11.0 Å². The van der Waals surface area contributed by atoms with E-state index in [9.17, 15) is 4.79 Å². The van der Waals surface area contributed by atoms with Crippen molar-refractivity contribution in [1.82, 2.24) is 9.55 Å². The SMILES string of the molecule is CC1(C)CCCC(Nc2ccc(-n3cc[nH]c3=O)cc2)C1. The normalized spacial score (nSPS) is 21.1. The molecule has 1 heterocycles. The summed E-state index contributed by atoms with van der Waals surface area (Å²) in [6.45, 7) is 4.70. The van der Waals surface area contributed by atoms with Gasteiger partial charge in [-0.15, -0.1) is 0 Å². The first-order chi connectivity index (χ1) is 10.0. The Morgan fingerprint density at radius 2 is 2.05 bits per heavy atom. The largest absolute Gasteiger partial charge is 0.382 e. The first kappa shape index (κ1) is 14.0. The van der Waals surface area contributed by atoms with E-state index in [4.69, 9.17) is 0 Å². The lowest BCUT2D eigenvalue weighted by molar-refractivity contribution is 0.229. The average Bonchev–Trinajstić information content (AvgIpc) is 2.85. The first-order valence-electron chi connectivity index (χ1n) is 7.67. The van der Waals surface area contributed by atoms with Crippen LogP contribution in [0.4, 0.5) is 5.69 Å². The smallest absolute Gasteiger partial charge is 0.330 e. The van der Waals surface area contributed by atoms with Crippen molar-refractivity contribution in [1.29, 1.82) is 0 Å². The summed E-state index contributed by atoms with van der Waals surface area (Å²) in [5.41, 5.74) is 2.35. The molecular weight excluding hydrogens is 262 g/mol. The molecule has 1 aromatic carbocycles. The standard InChI is InChI=1S/C17H23N3O/c1-17(2)9-3-4-14(12-17)19-13-5-7-15(8-6-13)20-11-10-18-16(20)21/h5-8,10-11,14,19H,3-4,9,12H2,1-2H3,(H,18,21). The second kappa shape index (κ2) is 5.43. The number of imidazole rings is 1. The van der Waals surface area contributed by atoms with Gasteiger partial charge < -0.3 is 10.3 Å². The fourth-order valence-corrected chi connectivity index (χ4v) is 3.30. The highest BCUT2D eigenvalue weighted by atomic mass is 16.1. The summed E-state index contributed by atoms with van der Waals surface area (Å²) in [7, 11) is 0. The number of rotatable bonds is 3. The predicted octanol–water partition coefficient (Wildman–Crippen LogP) is 3.55. The number of hydrogen-bond donors (Lipinski definition) is 2. The maximum Gasteiger partial charge on any atom is 0.330 e. The van der Waals surface area contributed by atoms with Crippen molar-refractivity contribution in [2.75, 3.05) is 5.32 Å². The van der Waals surface area contributed by atoms with E-state index in [1.54, 1.807) is 17.0 Å². The van der Waals surface area contributed by atoms with Crippen LogP contribution in [-0.2, 0) is 0 Å². The zero-order valence-corrected chi connectivity index (χ0v) is 12.7. The van der Waals surface area contributed by atoms with E-state index >= 15 is 0 Å². The molecule has 1 aliphatic carbocycles. The Morgan fingerprint density at radius 3 is 2.67 bits per heavy atom. The van der Waals surface area contributed by atoms with Crippen molar-refractivity contribution in [3.05, 3.63) is 47.1 Å². The minimum absolute atomic E-state index is 0.107. The van der Waals surface area contributed by atoms with Gasteiger partial charge in [-0.05, 0) is 48.9 Å². The van der Waals surface area contributed by atoms with Crippen LogP contribution in [0.2, 0.25) is 0 Å². The van der Waals surface area contributed by atoms with Gasteiger partial charge in [0.1, 0.15) is 0 Å². The summed E-state index contributed by atoms with van der Waals surface area (Å²) >= 11 is 0. The summed E-state index contributed by atoms with van der Waals surface area (Å²) < 4.78 is 1.60. The Morgan fingerprint density at radius 1 is 1.29 bits per heavy atom.